The van der Waals surface area contributed by atoms with E-state index in [4.69, 9.17) is 9.47 Å². The Hall–Kier alpha value is -2.13. The van der Waals surface area contributed by atoms with E-state index in [1.54, 1.807) is 19.9 Å². The molecule has 1 heterocycles. The Labute approximate surface area is 166 Å². The van der Waals surface area contributed by atoms with E-state index in [-0.39, 0.29) is 42.2 Å². The molecular formula is C19H28N2O6S. The van der Waals surface area contributed by atoms with E-state index in [0.717, 1.165) is 0 Å². The van der Waals surface area contributed by atoms with Crippen molar-refractivity contribution in [2.45, 2.75) is 44.9 Å². The van der Waals surface area contributed by atoms with Crippen molar-refractivity contribution in [2.75, 3.05) is 31.6 Å². The van der Waals surface area contributed by atoms with E-state index < -0.39 is 10.0 Å². The molecule has 0 bridgehead atoms. The van der Waals surface area contributed by atoms with Gasteiger partial charge < -0.3 is 14.8 Å². The Morgan fingerprint density at radius 2 is 1.82 bits per heavy atom. The Bertz CT molecular complexity index is 801. The molecule has 28 heavy (non-hydrogen) atoms. The zero-order chi connectivity index (χ0) is 20.7. The molecule has 1 saturated heterocycles. The minimum atomic E-state index is -3.75. The van der Waals surface area contributed by atoms with E-state index >= 15 is 0 Å². The number of hydrogen-bond acceptors (Lipinski definition) is 6. The standard InChI is InChI=1S/C19H28N2O6S/c1-4-18(22)20-16-13-15(7-8-17(16)26-5-2)28(24,25)21-11-9-14(10-12-21)19(23)27-6-3/h7-8,13-14H,4-6,9-12H2,1-3H3,(H,20,22). The number of sulfonamides is 1. The molecule has 1 N–H and O–H groups in total. The van der Waals surface area contributed by atoms with Crippen LogP contribution in [0, 0.1) is 5.92 Å². The lowest BCUT2D eigenvalue weighted by atomic mass is 9.98. The largest absolute Gasteiger partial charge is 0.492 e. The summed E-state index contributed by atoms with van der Waals surface area (Å²) in [5.41, 5.74) is 0.330. The van der Waals surface area contributed by atoms with Gasteiger partial charge in [-0.15, -0.1) is 0 Å². The van der Waals surface area contributed by atoms with Crippen LogP contribution in [0.1, 0.15) is 40.0 Å². The fourth-order valence-corrected chi connectivity index (χ4v) is 4.52. The first kappa shape index (κ1) is 22.2. The molecule has 0 spiro atoms. The van der Waals surface area contributed by atoms with Gasteiger partial charge in [-0.3, -0.25) is 9.59 Å². The third kappa shape index (κ3) is 5.23. The van der Waals surface area contributed by atoms with E-state index in [2.05, 4.69) is 5.32 Å². The van der Waals surface area contributed by atoms with Gasteiger partial charge in [-0.05, 0) is 44.9 Å². The summed E-state index contributed by atoms with van der Waals surface area (Å²) in [4.78, 5) is 23.7. The lowest BCUT2D eigenvalue weighted by Crippen LogP contribution is -2.40. The number of carbonyl (C=O) groups is 2. The number of benzene rings is 1. The van der Waals surface area contributed by atoms with Crippen molar-refractivity contribution in [3.8, 4) is 5.75 Å². The molecule has 8 nitrogen and oxygen atoms in total. The second-order valence-electron chi connectivity index (χ2n) is 6.42. The second-order valence-corrected chi connectivity index (χ2v) is 8.36. The summed E-state index contributed by atoms with van der Waals surface area (Å²) < 4.78 is 37.9. The fraction of sp³-hybridized carbons (Fsp3) is 0.579. The molecule has 0 atom stereocenters. The predicted octanol–water partition coefficient (Wildman–Crippen LogP) is 2.40. The number of hydrogen-bond donors (Lipinski definition) is 1. The molecule has 9 heteroatoms. The first-order chi connectivity index (χ1) is 13.3. The number of esters is 1. The lowest BCUT2D eigenvalue weighted by molar-refractivity contribution is -0.149. The van der Waals surface area contributed by atoms with Gasteiger partial charge in [-0.2, -0.15) is 4.31 Å². The maximum absolute atomic E-state index is 13.0. The number of rotatable bonds is 8. The van der Waals surface area contributed by atoms with Gasteiger partial charge >= 0.3 is 5.97 Å². The van der Waals surface area contributed by atoms with Crippen molar-refractivity contribution < 1.29 is 27.5 Å². The zero-order valence-electron chi connectivity index (χ0n) is 16.6. The summed E-state index contributed by atoms with van der Waals surface area (Å²) in [5, 5.41) is 2.69. The maximum Gasteiger partial charge on any atom is 0.309 e. The predicted molar refractivity (Wildman–Crippen MR) is 105 cm³/mol. The van der Waals surface area contributed by atoms with Gasteiger partial charge in [0.25, 0.3) is 0 Å². The van der Waals surface area contributed by atoms with Crippen LogP contribution in [-0.2, 0) is 24.3 Å². The van der Waals surface area contributed by atoms with Crippen LogP contribution in [0.2, 0.25) is 0 Å². The van der Waals surface area contributed by atoms with Gasteiger partial charge in [-0.1, -0.05) is 6.92 Å². The van der Waals surface area contributed by atoms with Gasteiger partial charge in [0.2, 0.25) is 15.9 Å². The first-order valence-corrected chi connectivity index (χ1v) is 11.0. The smallest absolute Gasteiger partial charge is 0.309 e. The van der Waals surface area contributed by atoms with Crippen LogP contribution in [0.15, 0.2) is 23.1 Å². The zero-order valence-corrected chi connectivity index (χ0v) is 17.4. The van der Waals surface area contributed by atoms with Crippen molar-refractivity contribution in [2.24, 2.45) is 5.92 Å². The minimum absolute atomic E-state index is 0.0805. The Morgan fingerprint density at radius 1 is 1.14 bits per heavy atom. The number of ether oxygens (including phenoxy) is 2. The van der Waals surface area contributed by atoms with Gasteiger partial charge in [0, 0.05) is 19.5 Å². The molecule has 0 saturated carbocycles. The fourth-order valence-electron chi connectivity index (χ4n) is 3.03. The lowest BCUT2D eigenvalue weighted by Gasteiger charge is -2.30. The third-order valence-electron chi connectivity index (χ3n) is 4.56. The van der Waals surface area contributed by atoms with Crippen LogP contribution in [0.4, 0.5) is 5.69 Å². The van der Waals surface area contributed by atoms with Crippen molar-refractivity contribution >= 4 is 27.6 Å². The summed E-state index contributed by atoms with van der Waals surface area (Å²) in [5.74, 6) is -0.355. The molecule has 1 fully saturated rings. The number of amides is 1. The van der Waals surface area contributed by atoms with Gasteiger partial charge in [0.05, 0.1) is 29.7 Å². The van der Waals surface area contributed by atoms with E-state index in [0.29, 0.717) is 37.5 Å². The highest BCUT2D eigenvalue weighted by atomic mass is 32.2. The van der Waals surface area contributed by atoms with E-state index in [1.165, 1.54) is 16.4 Å². The SMILES string of the molecule is CCOC(=O)C1CCN(S(=O)(=O)c2ccc(OCC)c(NC(=O)CC)c2)CC1. The second kappa shape index (κ2) is 9.88. The summed E-state index contributed by atoms with van der Waals surface area (Å²) in [6.07, 6.45) is 1.12. The summed E-state index contributed by atoms with van der Waals surface area (Å²) >= 11 is 0. The highest BCUT2D eigenvalue weighted by molar-refractivity contribution is 7.89. The highest BCUT2D eigenvalue weighted by Crippen LogP contribution is 2.31. The van der Waals surface area contributed by atoms with Crippen LogP contribution < -0.4 is 10.1 Å². The van der Waals surface area contributed by atoms with Crippen molar-refractivity contribution in [1.29, 1.82) is 0 Å². The quantitative estimate of drug-likeness (QED) is 0.658. The number of piperidine rings is 1. The highest BCUT2D eigenvalue weighted by Gasteiger charge is 2.33. The average molecular weight is 413 g/mol. The molecule has 0 aromatic heterocycles. The van der Waals surface area contributed by atoms with E-state index in [1.807, 2.05) is 6.92 Å². The van der Waals surface area contributed by atoms with Crippen molar-refractivity contribution in [3.05, 3.63) is 18.2 Å². The van der Waals surface area contributed by atoms with Crippen LogP contribution in [0.5, 0.6) is 5.75 Å². The normalized spacial score (nSPS) is 15.8. The van der Waals surface area contributed by atoms with Crippen molar-refractivity contribution in [1.82, 2.24) is 4.31 Å². The number of anilines is 1. The molecule has 1 aromatic carbocycles. The Kier molecular flexibility index (Phi) is 7.82. The molecular weight excluding hydrogens is 384 g/mol. The molecule has 156 valence electrons. The molecule has 2 rings (SSSR count). The van der Waals surface area contributed by atoms with Crippen LogP contribution in [0.25, 0.3) is 0 Å². The summed E-state index contributed by atoms with van der Waals surface area (Å²) in [6, 6.07) is 4.44. The summed E-state index contributed by atoms with van der Waals surface area (Å²) in [7, 11) is -3.75. The van der Waals surface area contributed by atoms with Crippen LogP contribution >= 0.6 is 0 Å². The Balaban J connectivity index is 2.20. The average Bonchev–Trinajstić information content (AvgIpc) is 2.69. The minimum Gasteiger partial charge on any atom is -0.492 e. The monoisotopic (exact) mass is 412 g/mol. The van der Waals surface area contributed by atoms with Gasteiger partial charge in [-0.25, -0.2) is 8.42 Å². The number of nitrogens with one attached hydrogen (secondary N) is 1. The molecule has 0 unspecified atom stereocenters. The maximum atomic E-state index is 13.0. The van der Waals surface area contributed by atoms with Crippen molar-refractivity contribution in [3.63, 3.8) is 0 Å². The first-order valence-electron chi connectivity index (χ1n) is 9.56. The molecule has 0 radical (unpaired) electrons. The van der Waals surface area contributed by atoms with E-state index in [9.17, 15) is 18.0 Å². The molecule has 1 amide bonds. The molecule has 1 aliphatic heterocycles. The molecule has 1 aliphatic rings. The summed E-state index contributed by atoms with van der Waals surface area (Å²) in [6.45, 7) is 6.47. The molecule has 1 aromatic rings. The van der Waals surface area contributed by atoms with Gasteiger partial charge in [0.15, 0.2) is 0 Å². The van der Waals surface area contributed by atoms with Gasteiger partial charge in [0.1, 0.15) is 5.75 Å². The Morgan fingerprint density at radius 3 is 2.39 bits per heavy atom. The number of carbonyl (C=O) groups excluding carboxylic acids is 2. The topological polar surface area (TPSA) is 102 Å². The number of nitrogens with zero attached hydrogens (tertiary/aromatic N) is 1. The van der Waals surface area contributed by atoms with Crippen LogP contribution in [0.3, 0.4) is 0 Å². The van der Waals surface area contributed by atoms with Crippen LogP contribution in [-0.4, -0.2) is 50.9 Å². The third-order valence-corrected chi connectivity index (χ3v) is 6.45. The molecule has 0 aliphatic carbocycles.